The number of hydrogen-bond acceptors (Lipinski definition) is 3. The first kappa shape index (κ1) is 23.0. The monoisotopic (exact) mass is 364 g/mol. The van der Waals surface area contributed by atoms with Crippen molar-refractivity contribution < 1.29 is 29.6 Å². The number of benzene rings is 2. The quantitative estimate of drug-likeness (QED) is 0.354. The summed E-state index contributed by atoms with van der Waals surface area (Å²) in [7, 11) is 0. The van der Waals surface area contributed by atoms with Crippen LogP contribution in [0.25, 0.3) is 0 Å². The Labute approximate surface area is 169 Å². The van der Waals surface area contributed by atoms with Crippen LogP contribution in [0.15, 0.2) is 48.5 Å². The Morgan fingerprint density at radius 2 is 1.57 bits per heavy atom. The van der Waals surface area contributed by atoms with Crippen LogP contribution in [-0.2, 0) is 13.5 Å². The zero-order valence-electron chi connectivity index (χ0n) is 11.3. The molecule has 2 rings (SSSR count). The minimum absolute atomic E-state index is 0. The van der Waals surface area contributed by atoms with Crippen LogP contribution in [0, 0.1) is 11.3 Å². The molecule has 0 aliphatic heterocycles. The molecule has 0 saturated carbocycles. The smallest absolute Gasteiger partial charge is 0.813 e. The number of thiocarbonyl (C=S) groups is 1. The fraction of sp³-hybridized carbons (Fsp3) is 0. The van der Waals surface area contributed by atoms with E-state index in [-0.39, 0.29) is 43.1 Å². The van der Waals surface area contributed by atoms with E-state index in [4.69, 9.17) is 46.4 Å². The number of thiol groups is 1. The molecule has 0 spiro atoms. The fourth-order valence-corrected chi connectivity index (χ4v) is 1.71. The molecule has 2 aromatic rings. The van der Waals surface area contributed by atoms with Crippen LogP contribution >= 0.6 is 35.4 Å². The van der Waals surface area contributed by atoms with Gasteiger partial charge >= 0.3 is 29.6 Å². The van der Waals surface area contributed by atoms with Crippen molar-refractivity contribution in [2.45, 2.75) is 0 Å². The first-order chi connectivity index (χ1) is 9.02. The van der Waals surface area contributed by atoms with Gasteiger partial charge in [-0.05, 0) is 30.3 Å². The van der Waals surface area contributed by atoms with Crippen LogP contribution in [0.2, 0.25) is 10.0 Å². The van der Waals surface area contributed by atoms with Crippen molar-refractivity contribution in [1.29, 1.82) is 5.26 Å². The largest absolute Gasteiger partial charge is 1.00 e. The number of nitriles is 1. The molecule has 0 atom stereocenters. The number of rotatable bonds is 1. The van der Waals surface area contributed by atoms with Crippen LogP contribution in [0.3, 0.4) is 0 Å². The summed E-state index contributed by atoms with van der Waals surface area (Å²) in [5.41, 5.74) is 6.76. The molecular formula is C14H11Cl2N2NaS2. The second-order valence-electron chi connectivity index (χ2n) is 3.50. The van der Waals surface area contributed by atoms with Crippen LogP contribution in [0.4, 0.5) is 0 Å². The molecule has 21 heavy (non-hydrogen) atoms. The standard InChI is InChI=1S/C7H6ClNS.C7H4ClN.Na.H2S/c8-6-3-1-2-5(4-6)7(9)10;8-7-3-1-2-6(4-7)5-9;;/h1-4H,(H2,9,10);1-4H;;1H2/q;;+1;/p-1. The number of nitrogens with zero attached hydrogens (tertiary/aromatic N) is 1. The summed E-state index contributed by atoms with van der Waals surface area (Å²) in [6, 6.07) is 16.0. The fourth-order valence-electron chi connectivity index (χ4n) is 1.20. The van der Waals surface area contributed by atoms with E-state index in [0.29, 0.717) is 20.6 Å². The van der Waals surface area contributed by atoms with Crippen molar-refractivity contribution >= 4 is 53.9 Å². The van der Waals surface area contributed by atoms with E-state index in [2.05, 4.69) is 0 Å². The zero-order chi connectivity index (χ0) is 14.3. The van der Waals surface area contributed by atoms with Gasteiger partial charge in [0, 0.05) is 15.6 Å². The molecule has 0 heterocycles. The number of nitrogens with two attached hydrogens (primary N) is 1. The van der Waals surface area contributed by atoms with Gasteiger partial charge in [-0.2, -0.15) is 5.26 Å². The van der Waals surface area contributed by atoms with Gasteiger partial charge < -0.3 is 19.2 Å². The predicted molar refractivity (Wildman–Crippen MR) is 92.3 cm³/mol. The van der Waals surface area contributed by atoms with Gasteiger partial charge in [0.15, 0.2) is 0 Å². The Morgan fingerprint density at radius 3 is 1.90 bits per heavy atom. The minimum atomic E-state index is 0. The predicted octanol–water partition coefficient (Wildman–Crippen LogP) is 0.920. The summed E-state index contributed by atoms with van der Waals surface area (Å²) in [5.74, 6) is 0. The minimum Gasteiger partial charge on any atom is -0.813 e. The molecule has 0 radical (unpaired) electrons. The zero-order valence-corrected chi connectivity index (χ0v) is 16.5. The molecule has 0 aliphatic rings. The average molecular weight is 365 g/mol. The summed E-state index contributed by atoms with van der Waals surface area (Å²) in [6.07, 6.45) is 0. The first-order valence-electron chi connectivity index (χ1n) is 5.24. The first-order valence-corrected chi connectivity index (χ1v) is 6.40. The summed E-state index contributed by atoms with van der Waals surface area (Å²) >= 11 is 16.0. The maximum absolute atomic E-state index is 8.35. The van der Waals surface area contributed by atoms with Gasteiger partial charge in [0.1, 0.15) is 4.99 Å². The number of halogens is 2. The van der Waals surface area contributed by atoms with Gasteiger partial charge in [-0.25, -0.2) is 0 Å². The van der Waals surface area contributed by atoms with E-state index < -0.39 is 0 Å². The van der Waals surface area contributed by atoms with Crippen molar-refractivity contribution in [2.24, 2.45) is 5.73 Å². The Hall–Kier alpha value is -0.250. The molecule has 0 aromatic heterocycles. The van der Waals surface area contributed by atoms with E-state index in [1.165, 1.54) is 0 Å². The Bertz CT molecular complexity index is 630. The summed E-state index contributed by atoms with van der Waals surface area (Å²) < 4.78 is 0. The molecule has 0 saturated heterocycles. The summed E-state index contributed by atoms with van der Waals surface area (Å²) in [5, 5.41) is 9.62. The van der Waals surface area contributed by atoms with Crippen LogP contribution in [-0.4, -0.2) is 4.99 Å². The molecule has 0 bridgehead atoms. The Balaban J connectivity index is 0. The third kappa shape index (κ3) is 9.38. The Kier molecular flexibility index (Phi) is 13.5. The third-order valence-electron chi connectivity index (χ3n) is 2.06. The van der Waals surface area contributed by atoms with Crippen molar-refractivity contribution in [2.75, 3.05) is 0 Å². The van der Waals surface area contributed by atoms with Crippen LogP contribution in [0.5, 0.6) is 0 Å². The van der Waals surface area contributed by atoms with Gasteiger partial charge in [0.2, 0.25) is 0 Å². The summed E-state index contributed by atoms with van der Waals surface area (Å²) in [6.45, 7) is 0. The van der Waals surface area contributed by atoms with Gasteiger partial charge in [-0.15, -0.1) is 0 Å². The van der Waals surface area contributed by atoms with E-state index in [1.54, 1.807) is 36.4 Å². The van der Waals surface area contributed by atoms with E-state index in [0.717, 1.165) is 5.56 Å². The van der Waals surface area contributed by atoms with Crippen molar-refractivity contribution in [3.63, 3.8) is 0 Å². The van der Waals surface area contributed by atoms with Crippen molar-refractivity contribution in [3.05, 3.63) is 69.7 Å². The maximum Gasteiger partial charge on any atom is 1.00 e. The van der Waals surface area contributed by atoms with Gasteiger partial charge in [0.25, 0.3) is 0 Å². The van der Waals surface area contributed by atoms with Gasteiger partial charge in [-0.3, -0.25) is 0 Å². The molecular weight excluding hydrogens is 354 g/mol. The van der Waals surface area contributed by atoms with E-state index in [9.17, 15) is 0 Å². The molecule has 0 amide bonds. The molecule has 0 aliphatic carbocycles. The Morgan fingerprint density at radius 1 is 1.05 bits per heavy atom. The van der Waals surface area contributed by atoms with Gasteiger partial charge in [0.05, 0.1) is 11.6 Å². The van der Waals surface area contributed by atoms with Gasteiger partial charge in [-0.1, -0.05) is 53.6 Å². The molecule has 7 heteroatoms. The number of hydrogen-bond donors (Lipinski definition) is 1. The average Bonchev–Trinajstić information content (AvgIpc) is 2.39. The topological polar surface area (TPSA) is 49.8 Å². The summed E-state index contributed by atoms with van der Waals surface area (Å²) in [4.78, 5) is 0.377. The second kappa shape index (κ2) is 12.3. The van der Waals surface area contributed by atoms with E-state index >= 15 is 0 Å². The molecule has 0 unspecified atom stereocenters. The molecule has 2 nitrogen and oxygen atoms in total. The SMILES string of the molecule is N#Cc1cccc(Cl)c1.NC(=S)c1cccc(Cl)c1.[Na+].[SH-]. The normalized spacial score (nSPS) is 8.05. The van der Waals surface area contributed by atoms with Crippen molar-refractivity contribution in [3.8, 4) is 6.07 Å². The van der Waals surface area contributed by atoms with Crippen LogP contribution in [0.1, 0.15) is 11.1 Å². The molecule has 2 aromatic carbocycles. The molecule has 2 N–H and O–H groups in total. The van der Waals surface area contributed by atoms with Crippen molar-refractivity contribution in [1.82, 2.24) is 0 Å². The third-order valence-corrected chi connectivity index (χ3v) is 2.77. The molecule has 104 valence electrons. The maximum atomic E-state index is 8.35. The molecule has 0 fully saturated rings. The second-order valence-corrected chi connectivity index (χ2v) is 4.81. The van der Waals surface area contributed by atoms with E-state index in [1.807, 2.05) is 18.2 Å². The van der Waals surface area contributed by atoms with Crippen LogP contribution < -0.4 is 35.3 Å².